The lowest BCUT2D eigenvalue weighted by atomic mass is 10.1. The highest BCUT2D eigenvalue weighted by atomic mass is 32.1. The fraction of sp³-hybridized carbons (Fsp3) is 0.176. The van der Waals surface area contributed by atoms with Gasteiger partial charge in [0, 0.05) is 12.1 Å². The summed E-state index contributed by atoms with van der Waals surface area (Å²) in [5.74, 6) is 0.491. The molecule has 0 saturated carbocycles. The van der Waals surface area contributed by atoms with Crippen molar-refractivity contribution in [3.05, 3.63) is 65.7 Å². The van der Waals surface area contributed by atoms with Crippen LogP contribution in [0.15, 0.2) is 54.6 Å². The largest absolute Gasteiger partial charge is 0.496 e. The van der Waals surface area contributed by atoms with Crippen LogP contribution < -0.4 is 20.9 Å². The van der Waals surface area contributed by atoms with Gasteiger partial charge in [-0.3, -0.25) is 15.6 Å². The van der Waals surface area contributed by atoms with E-state index < -0.39 is 0 Å². The van der Waals surface area contributed by atoms with Crippen molar-refractivity contribution in [1.29, 1.82) is 0 Å². The summed E-state index contributed by atoms with van der Waals surface area (Å²) >= 11 is 5.12. The zero-order valence-electron chi connectivity index (χ0n) is 12.8. The predicted molar refractivity (Wildman–Crippen MR) is 93.9 cm³/mol. The van der Waals surface area contributed by atoms with Crippen LogP contribution in [-0.4, -0.2) is 18.1 Å². The average Bonchev–Trinajstić information content (AvgIpc) is 2.59. The minimum absolute atomic E-state index is 0.196. The first-order valence-electron chi connectivity index (χ1n) is 7.17. The Kier molecular flexibility index (Phi) is 6.38. The third-order valence-electron chi connectivity index (χ3n) is 3.15. The topological polar surface area (TPSA) is 62.4 Å². The van der Waals surface area contributed by atoms with Crippen LogP contribution in [-0.2, 0) is 17.8 Å². The van der Waals surface area contributed by atoms with Crippen LogP contribution in [0.1, 0.15) is 11.1 Å². The van der Waals surface area contributed by atoms with E-state index in [4.69, 9.17) is 17.0 Å². The molecule has 0 aliphatic rings. The SMILES string of the molecule is COc1ccccc1CC(=O)NNC(=S)NCc1ccccc1. The summed E-state index contributed by atoms with van der Waals surface area (Å²) in [7, 11) is 1.58. The van der Waals surface area contributed by atoms with Crippen LogP contribution in [0.5, 0.6) is 5.75 Å². The number of ether oxygens (including phenoxy) is 1. The molecule has 0 bridgehead atoms. The van der Waals surface area contributed by atoms with Gasteiger partial charge in [0.05, 0.1) is 13.5 Å². The zero-order valence-corrected chi connectivity index (χ0v) is 13.7. The lowest BCUT2D eigenvalue weighted by Gasteiger charge is -2.12. The first kappa shape index (κ1) is 16.8. The zero-order chi connectivity index (χ0) is 16.5. The van der Waals surface area contributed by atoms with Crippen LogP contribution in [0.2, 0.25) is 0 Å². The van der Waals surface area contributed by atoms with E-state index in [2.05, 4.69) is 16.2 Å². The van der Waals surface area contributed by atoms with Gasteiger partial charge in [-0.25, -0.2) is 0 Å². The van der Waals surface area contributed by atoms with Crippen molar-refractivity contribution in [2.75, 3.05) is 7.11 Å². The number of para-hydroxylation sites is 1. The molecule has 2 aromatic rings. The maximum absolute atomic E-state index is 11.9. The number of hydrazine groups is 1. The molecule has 2 aromatic carbocycles. The number of rotatable bonds is 5. The first-order chi connectivity index (χ1) is 11.2. The third kappa shape index (κ3) is 5.60. The van der Waals surface area contributed by atoms with E-state index in [0.717, 1.165) is 11.1 Å². The number of benzene rings is 2. The number of methoxy groups -OCH3 is 1. The Bertz CT molecular complexity index is 662. The molecule has 0 fully saturated rings. The van der Waals surface area contributed by atoms with Gasteiger partial charge in [-0.15, -0.1) is 0 Å². The Balaban J connectivity index is 1.74. The van der Waals surface area contributed by atoms with Crippen molar-refractivity contribution in [3.8, 4) is 5.75 Å². The summed E-state index contributed by atoms with van der Waals surface area (Å²) in [5.41, 5.74) is 7.19. The maximum Gasteiger partial charge on any atom is 0.242 e. The molecule has 0 unspecified atom stereocenters. The van der Waals surface area contributed by atoms with Gasteiger partial charge in [0.15, 0.2) is 5.11 Å². The highest BCUT2D eigenvalue weighted by molar-refractivity contribution is 7.80. The molecular weight excluding hydrogens is 310 g/mol. The highest BCUT2D eigenvalue weighted by Crippen LogP contribution is 2.17. The number of nitrogens with one attached hydrogen (secondary N) is 3. The summed E-state index contributed by atoms with van der Waals surface area (Å²) in [6.45, 7) is 0.592. The van der Waals surface area contributed by atoms with Crippen molar-refractivity contribution in [2.24, 2.45) is 0 Å². The predicted octanol–water partition coefficient (Wildman–Crippen LogP) is 1.93. The average molecular weight is 329 g/mol. The van der Waals surface area contributed by atoms with Crippen LogP contribution in [0.3, 0.4) is 0 Å². The number of carbonyl (C=O) groups excluding carboxylic acids is 1. The molecule has 0 radical (unpaired) electrons. The molecule has 6 heteroatoms. The van der Waals surface area contributed by atoms with Gasteiger partial charge in [0.2, 0.25) is 5.91 Å². The Labute approximate surface area is 141 Å². The lowest BCUT2D eigenvalue weighted by Crippen LogP contribution is -2.47. The number of carbonyl (C=O) groups is 1. The molecule has 0 saturated heterocycles. The van der Waals surface area contributed by atoms with Gasteiger partial charge in [-0.05, 0) is 23.8 Å². The first-order valence-corrected chi connectivity index (χ1v) is 7.58. The quantitative estimate of drug-likeness (QED) is 0.578. The van der Waals surface area contributed by atoms with Crippen LogP contribution in [0.4, 0.5) is 0 Å². The summed E-state index contributed by atoms with van der Waals surface area (Å²) in [5, 5.41) is 3.38. The van der Waals surface area contributed by atoms with E-state index in [-0.39, 0.29) is 12.3 Å². The molecule has 0 aromatic heterocycles. The molecule has 0 spiro atoms. The number of thiocarbonyl (C=S) groups is 1. The second kappa shape index (κ2) is 8.75. The van der Waals surface area contributed by atoms with E-state index in [1.165, 1.54) is 0 Å². The monoisotopic (exact) mass is 329 g/mol. The van der Waals surface area contributed by atoms with Gasteiger partial charge in [0.25, 0.3) is 0 Å². The fourth-order valence-electron chi connectivity index (χ4n) is 2.02. The molecule has 3 N–H and O–H groups in total. The second-order valence-electron chi connectivity index (χ2n) is 4.83. The van der Waals surface area contributed by atoms with Crippen molar-refractivity contribution in [3.63, 3.8) is 0 Å². The standard InChI is InChI=1S/C17H19N3O2S/c1-22-15-10-6-5-9-14(15)11-16(21)19-20-17(23)18-12-13-7-3-2-4-8-13/h2-10H,11-12H2,1H3,(H,19,21)(H2,18,20,23). The second-order valence-corrected chi connectivity index (χ2v) is 5.24. The van der Waals surface area contributed by atoms with Crippen LogP contribution >= 0.6 is 12.2 Å². The molecule has 1 amide bonds. The fourth-order valence-corrected chi connectivity index (χ4v) is 2.14. The Morgan fingerprint density at radius 3 is 2.48 bits per heavy atom. The van der Waals surface area contributed by atoms with Gasteiger partial charge in [-0.1, -0.05) is 48.5 Å². The normalized spacial score (nSPS) is 9.78. The Hall–Kier alpha value is -2.60. The van der Waals surface area contributed by atoms with Crippen molar-refractivity contribution in [1.82, 2.24) is 16.2 Å². The van der Waals surface area contributed by atoms with Crippen LogP contribution in [0.25, 0.3) is 0 Å². The summed E-state index contributed by atoms with van der Waals surface area (Å²) < 4.78 is 5.22. The molecule has 0 atom stereocenters. The van der Waals surface area contributed by atoms with Gasteiger partial charge in [0.1, 0.15) is 5.75 Å². The lowest BCUT2D eigenvalue weighted by molar-refractivity contribution is -0.121. The van der Waals surface area contributed by atoms with Crippen LogP contribution in [0, 0.1) is 0 Å². The molecule has 2 rings (SSSR count). The number of hydrogen-bond acceptors (Lipinski definition) is 3. The molecule has 5 nitrogen and oxygen atoms in total. The molecule has 0 aliphatic heterocycles. The van der Waals surface area contributed by atoms with Crippen molar-refractivity contribution >= 4 is 23.2 Å². The minimum atomic E-state index is -0.196. The molecule has 0 heterocycles. The van der Waals surface area contributed by atoms with E-state index in [1.54, 1.807) is 7.11 Å². The molecule has 23 heavy (non-hydrogen) atoms. The van der Waals surface area contributed by atoms with Gasteiger partial charge >= 0.3 is 0 Å². The van der Waals surface area contributed by atoms with Gasteiger partial charge < -0.3 is 10.1 Å². The summed E-state index contributed by atoms with van der Waals surface area (Å²) in [6.07, 6.45) is 0.207. The molecular formula is C17H19N3O2S. The van der Waals surface area contributed by atoms with E-state index in [1.807, 2.05) is 54.6 Å². The highest BCUT2D eigenvalue weighted by Gasteiger charge is 2.08. The van der Waals surface area contributed by atoms with Gasteiger partial charge in [-0.2, -0.15) is 0 Å². The van der Waals surface area contributed by atoms with E-state index in [0.29, 0.717) is 17.4 Å². The summed E-state index contributed by atoms with van der Waals surface area (Å²) in [4.78, 5) is 11.9. The van der Waals surface area contributed by atoms with E-state index >= 15 is 0 Å². The molecule has 120 valence electrons. The molecule has 0 aliphatic carbocycles. The maximum atomic E-state index is 11.9. The smallest absolute Gasteiger partial charge is 0.242 e. The van der Waals surface area contributed by atoms with Crippen molar-refractivity contribution in [2.45, 2.75) is 13.0 Å². The Morgan fingerprint density at radius 2 is 1.74 bits per heavy atom. The van der Waals surface area contributed by atoms with E-state index in [9.17, 15) is 4.79 Å². The minimum Gasteiger partial charge on any atom is -0.496 e. The number of amides is 1. The Morgan fingerprint density at radius 1 is 1.04 bits per heavy atom. The third-order valence-corrected chi connectivity index (χ3v) is 3.40. The summed E-state index contributed by atoms with van der Waals surface area (Å²) in [6, 6.07) is 17.3. The number of hydrogen-bond donors (Lipinski definition) is 3. The van der Waals surface area contributed by atoms with Crippen molar-refractivity contribution < 1.29 is 9.53 Å².